The van der Waals surface area contributed by atoms with Gasteiger partial charge in [-0.25, -0.2) is 4.79 Å². The van der Waals surface area contributed by atoms with Crippen LogP contribution in [0.25, 0.3) is 0 Å². The molecule has 2 rings (SSSR count). The number of methoxy groups -OCH3 is 1. The SMILES string of the molecule is COC(=O)c1coc(CNc2ccc(NC(C)=O)cc2)c1. The lowest BCUT2D eigenvalue weighted by Crippen LogP contribution is -2.05. The van der Waals surface area contributed by atoms with Gasteiger partial charge < -0.3 is 19.8 Å². The molecule has 2 aromatic rings. The zero-order valence-electron chi connectivity index (χ0n) is 11.8. The fourth-order valence-corrected chi connectivity index (χ4v) is 1.76. The fourth-order valence-electron chi connectivity index (χ4n) is 1.76. The van der Waals surface area contributed by atoms with Gasteiger partial charge in [-0.2, -0.15) is 0 Å². The Morgan fingerprint density at radius 3 is 2.48 bits per heavy atom. The number of furan rings is 1. The number of carbonyl (C=O) groups excluding carboxylic acids is 2. The van der Waals surface area contributed by atoms with Crippen molar-refractivity contribution in [3.63, 3.8) is 0 Å². The maximum atomic E-state index is 11.3. The normalized spacial score (nSPS) is 10.0. The third-order valence-corrected chi connectivity index (χ3v) is 2.75. The van der Waals surface area contributed by atoms with Gasteiger partial charge in [-0.15, -0.1) is 0 Å². The molecule has 0 saturated carbocycles. The van der Waals surface area contributed by atoms with Gasteiger partial charge in [0.15, 0.2) is 0 Å². The van der Waals surface area contributed by atoms with Crippen LogP contribution in [0.3, 0.4) is 0 Å². The van der Waals surface area contributed by atoms with Crippen LogP contribution < -0.4 is 10.6 Å². The summed E-state index contributed by atoms with van der Waals surface area (Å²) in [5, 5.41) is 5.84. The summed E-state index contributed by atoms with van der Waals surface area (Å²) >= 11 is 0. The van der Waals surface area contributed by atoms with E-state index >= 15 is 0 Å². The van der Waals surface area contributed by atoms with Gasteiger partial charge in [0.1, 0.15) is 12.0 Å². The largest absolute Gasteiger partial charge is 0.467 e. The number of anilines is 2. The first kappa shape index (κ1) is 14.6. The lowest BCUT2D eigenvalue weighted by molar-refractivity contribution is -0.114. The summed E-state index contributed by atoms with van der Waals surface area (Å²) in [6.07, 6.45) is 1.36. The second-order valence-corrected chi connectivity index (χ2v) is 4.41. The standard InChI is InChI=1S/C15H16N2O4/c1-10(18)17-13-5-3-12(4-6-13)16-8-14-7-11(9-21-14)15(19)20-2/h3-7,9,16H,8H2,1-2H3,(H,17,18). The Hall–Kier alpha value is -2.76. The monoisotopic (exact) mass is 288 g/mol. The molecule has 0 fully saturated rings. The topological polar surface area (TPSA) is 80.6 Å². The minimum Gasteiger partial charge on any atom is -0.467 e. The quantitative estimate of drug-likeness (QED) is 0.827. The van der Waals surface area contributed by atoms with E-state index in [0.29, 0.717) is 17.9 Å². The molecule has 0 aliphatic carbocycles. The van der Waals surface area contributed by atoms with Gasteiger partial charge in [-0.3, -0.25) is 4.79 Å². The van der Waals surface area contributed by atoms with E-state index in [0.717, 1.165) is 11.4 Å². The smallest absolute Gasteiger partial charge is 0.341 e. The molecule has 0 atom stereocenters. The number of rotatable bonds is 5. The highest BCUT2D eigenvalue weighted by Crippen LogP contribution is 2.15. The molecule has 0 saturated heterocycles. The lowest BCUT2D eigenvalue weighted by atomic mass is 10.2. The number of nitrogens with one attached hydrogen (secondary N) is 2. The molecule has 2 N–H and O–H groups in total. The average Bonchev–Trinajstić information content (AvgIpc) is 2.94. The lowest BCUT2D eigenvalue weighted by Gasteiger charge is -2.06. The van der Waals surface area contributed by atoms with Crippen molar-refractivity contribution >= 4 is 23.3 Å². The molecule has 0 spiro atoms. The van der Waals surface area contributed by atoms with Crippen LogP contribution in [0.15, 0.2) is 41.0 Å². The summed E-state index contributed by atoms with van der Waals surface area (Å²) in [6, 6.07) is 8.91. The van der Waals surface area contributed by atoms with Crippen molar-refractivity contribution in [1.82, 2.24) is 0 Å². The van der Waals surface area contributed by atoms with Gasteiger partial charge in [-0.05, 0) is 30.3 Å². The molecule has 0 radical (unpaired) electrons. The van der Waals surface area contributed by atoms with Crippen LogP contribution in [-0.2, 0) is 16.1 Å². The van der Waals surface area contributed by atoms with E-state index in [9.17, 15) is 9.59 Å². The van der Waals surface area contributed by atoms with Crippen LogP contribution in [0.4, 0.5) is 11.4 Å². The molecule has 0 aliphatic heterocycles. The highest BCUT2D eigenvalue weighted by atomic mass is 16.5. The first-order valence-electron chi connectivity index (χ1n) is 6.35. The van der Waals surface area contributed by atoms with Gasteiger partial charge in [0.05, 0.1) is 19.2 Å². The maximum Gasteiger partial charge on any atom is 0.341 e. The van der Waals surface area contributed by atoms with Gasteiger partial charge in [0.25, 0.3) is 0 Å². The molecule has 110 valence electrons. The summed E-state index contributed by atoms with van der Waals surface area (Å²) < 4.78 is 9.87. The predicted octanol–water partition coefficient (Wildman–Crippen LogP) is 2.64. The van der Waals surface area contributed by atoms with Crippen molar-refractivity contribution in [2.45, 2.75) is 13.5 Å². The van der Waals surface area contributed by atoms with E-state index < -0.39 is 5.97 Å². The zero-order chi connectivity index (χ0) is 15.2. The van der Waals surface area contributed by atoms with Crippen molar-refractivity contribution in [2.75, 3.05) is 17.7 Å². The van der Waals surface area contributed by atoms with Crippen LogP contribution in [0.1, 0.15) is 23.0 Å². The van der Waals surface area contributed by atoms with Crippen molar-refractivity contribution in [3.05, 3.63) is 47.9 Å². The Labute approximate surface area is 122 Å². The molecular weight excluding hydrogens is 272 g/mol. The Balaban J connectivity index is 1.92. The van der Waals surface area contributed by atoms with Crippen molar-refractivity contribution in [2.24, 2.45) is 0 Å². The highest BCUT2D eigenvalue weighted by molar-refractivity contribution is 5.89. The van der Waals surface area contributed by atoms with Crippen molar-refractivity contribution in [1.29, 1.82) is 0 Å². The van der Waals surface area contributed by atoms with E-state index in [1.807, 2.05) is 12.1 Å². The van der Waals surface area contributed by atoms with Gasteiger partial charge in [0.2, 0.25) is 5.91 Å². The summed E-state index contributed by atoms with van der Waals surface area (Å²) in [5.74, 6) is 0.0904. The third kappa shape index (κ3) is 4.10. The number of ether oxygens (including phenoxy) is 1. The van der Waals surface area contributed by atoms with Crippen molar-refractivity contribution < 1.29 is 18.7 Å². The Morgan fingerprint density at radius 2 is 1.86 bits per heavy atom. The molecule has 0 unspecified atom stereocenters. The first-order valence-corrected chi connectivity index (χ1v) is 6.35. The predicted molar refractivity (Wildman–Crippen MR) is 78.1 cm³/mol. The molecule has 6 nitrogen and oxygen atoms in total. The Morgan fingerprint density at radius 1 is 1.19 bits per heavy atom. The molecule has 6 heteroatoms. The number of esters is 1. The van der Waals surface area contributed by atoms with Gasteiger partial charge in [-0.1, -0.05) is 0 Å². The minimum atomic E-state index is -0.426. The number of hydrogen-bond donors (Lipinski definition) is 2. The van der Waals surface area contributed by atoms with E-state index in [1.54, 1.807) is 18.2 Å². The van der Waals surface area contributed by atoms with Crippen LogP contribution in [-0.4, -0.2) is 19.0 Å². The van der Waals surface area contributed by atoms with Gasteiger partial charge >= 0.3 is 5.97 Å². The van der Waals surface area contributed by atoms with Crippen LogP contribution in [0, 0.1) is 0 Å². The number of amides is 1. The Kier molecular flexibility index (Phi) is 4.61. The number of benzene rings is 1. The molecule has 21 heavy (non-hydrogen) atoms. The summed E-state index contributed by atoms with van der Waals surface area (Å²) in [6.45, 7) is 1.90. The summed E-state index contributed by atoms with van der Waals surface area (Å²) in [7, 11) is 1.32. The van der Waals surface area contributed by atoms with E-state index in [4.69, 9.17) is 4.42 Å². The molecule has 1 amide bonds. The van der Waals surface area contributed by atoms with E-state index in [1.165, 1.54) is 20.3 Å². The van der Waals surface area contributed by atoms with E-state index in [-0.39, 0.29) is 5.91 Å². The van der Waals surface area contributed by atoms with E-state index in [2.05, 4.69) is 15.4 Å². The second kappa shape index (κ2) is 6.60. The molecule has 1 heterocycles. The summed E-state index contributed by atoms with van der Waals surface area (Å²) in [4.78, 5) is 22.2. The summed E-state index contributed by atoms with van der Waals surface area (Å²) in [5.41, 5.74) is 1.99. The van der Waals surface area contributed by atoms with Crippen LogP contribution in [0.5, 0.6) is 0 Å². The minimum absolute atomic E-state index is 0.110. The Bertz CT molecular complexity index is 631. The molecule has 0 aliphatic rings. The molecule has 1 aromatic heterocycles. The molecule has 0 bridgehead atoms. The van der Waals surface area contributed by atoms with Crippen molar-refractivity contribution in [3.8, 4) is 0 Å². The highest BCUT2D eigenvalue weighted by Gasteiger charge is 2.09. The molecular formula is C15H16N2O4. The molecule has 1 aromatic carbocycles. The van der Waals surface area contributed by atoms with Gasteiger partial charge in [0, 0.05) is 18.3 Å². The third-order valence-electron chi connectivity index (χ3n) is 2.75. The number of hydrogen-bond acceptors (Lipinski definition) is 5. The first-order chi connectivity index (χ1) is 10.1. The van der Waals surface area contributed by atoms with Crippen LogP contribution >= 0.6 is 0 Å². The zero-order valence-corrected chi connectivity index (χ0v) is 11.8. The second-order valence-electron chi connectivity index (χ2n) is 4.41. The number of carbonyl (C=O) groups is 2. The maximum absolute atomic E-state index is 11.3. The average molecular weight is 288 g/mol. The fraction of sp³-hybridized carbons (Fsp3) is 0.200. The van der Waals surface area contributed by atoms with Crippen LogP contribution in [0.2, 0.25) is 0 Å².